The van der Waals surface area contributed by atoms with Crippen LogP contribution in [0.15, 0.2) is 48.8 Å². The first-order valence-electron chi connectivity index (χ1n) is 14.3. The van der Waals surface area contributed by atoms with Crippen LogP contribution in [-0.2, 0) is 9.47 Å². The maximum atomic E-state index is 14.0. The van der Waals surface area contributed by atoms with Gasteiger partial charge in [-0.05, 0) is 62.9 Å². The van der Waals surface area contributed by atoms with Crippen molar-refractivity contribution in [3.63, 3.8) is 0 Å². The number of amides is 2. The third-order valence-electron chi connectivity index (χ3n) is 7.42. The van der Waals surface area contributed by atoms with Gasteiger partial charge in [-0.25, -0.2) is 9.78 Å². The number of nitrogens with zero attached hydrogens (tertiary/aromatic N) is 3. The number of nitrogens with one attached hydrogen (secondary N) is 2. The van der Waals surface area contributed by atoms with Crippen molar-refractivity contribution < 1.29 is 32.2 Å². The molecule has 4 N–H and O–H groups in total. The highest BCUT2D eigenvalue weighted by Crippen LogP contribution is 2.37. The highest BCUT2D eigenvalue weighted by Gasteiger charge is 2.45. The number of pyridine rings is 2. The van der Waals surface area contributed by atoms with Gasteiger partial charge in [-0.15, -0.1) is 0 Å². The fourth-order valence-corrected chi connectivity index (χ4v) is 5.41. The number of ether oxygens (including phenoxy) is 2. The van der Waals surface area contributed by atoms with Crippen LogP contribution >= 0.6 is 0 Å². The predicted molar refractivity (Wildman–Crippen MR) is 161 cm³/mol. The molecule has 0 bridgehead atoms. The molecule has 0 unspecified atom stereocenters. The average Bonchev–Trinajstić information content (AvgIpc) is 2.95. The highest BCUT2D eigenvalue weighted by atomic mass is 19.4. The SMILES string of the molecule is CC(C)(C)OC(=O)N[C@H]1C[C@@H](C(F)(F)F)CN(c2ccncc2NC(=O)c2nc3cc(C4=CCOCC4)ccc3cc2N)C1. The molecular formula is C31H35F3N6O4. The van der Waals surface area contributed by atoms with E-state index >= 15 is 0 Å². The summed E-state index contributed by atoms with van der Waals surface area (Å²) in [6, 6.07) is 8.07. The number of nitrogen functional groups attached to an aromatic ring is 1. The molecule has 2 aliphatic rings. The summed E-state index contributed by atoms with van der Waals surface area (Å²) in [6.07, 6.45) is -0.0697. The van der Waals surface area contributed by atoms with Crippen LogP contribution in [0.3, 0.4) is 0 Å². The van der Waals surface area contributed by atoms with E-state index in [4.69, 9.17) is 15.2 Å². The first kappa shape index (κ1) is 31.0. The van der Waals surface area contributed by atoms with Gasteiger partial charge in [0.2, 0.25) is 0 Å². The molecular weight excluding hydrogens is 577 g/mol. The maximum Gasteiger partial charge on any atom is 0.407 e. The van der Waals surface area contributed by atoms with Crippen LogP contribution in [0.4, 0.5) is 35.0 Å². The molecule has 2 atom stereocenters. The number of nitrogens with two attached hydrogens (primary N) is 1. The van der Waals surface area contributed by atoms with Gasteiger partial charge in [0.15, 0.2) is 5.69 Å². The number of anilines is 3. The topological polar surface area (TPSA) is 132 Å². The van der Waals surface area contributed by atoms with Gasteiger partial charge in [-0.1, -0.05) is 18.2 Å². The van der Waals surface area contributed by atoms with E-state index in [0.29, 0.717) is 24.4 Å². The van der Waals surface area contributed by atoms with Crippen LogP contribution in [0.25, 0.3) is 16.5 Å². The van der Waals surface area contributed by atoms with Crippen molar-refractivity contribution in [1.29, 1.82) is 0 Å². The number of alkyl carbamates (subject to hydrolysis) is 1. The minimum absolute atomic E-state index is 0.0262. The molecule has 0 radical (unpaired) electrons. The number of hydrogen-bond acceptors (Lipinski definition) is 8. The molecule has 13 heteroatoms. The average molecular weight is 613 g/mol. The van der Waals surface area contributed by atoms with Crippen LogP contribution in [0.2, 0.25) is 0 Å². The van der Waals surface area contributed by atoms with E-state index in [-0.39, 0.29) is 36.6 Å². The molecule has 2 aliphatic heterocycles. The maximum absolute atomic E-state index is 14.0. The number of carbonyl (C=O) groups is 2. The van der Waals surface area contributed by atoms with Crippen LogP contribution in [-0.4, -0.2) is 66.1 Å². The Balaban J connectivity index is 1.40. The van der Waals surface area contributed by atoms with E-state index in [9.17, 15) is 22.8 Å². The number of carbonyl (C=O) groups excluding carboxylic acids is 2. The second-order valence-corrected chi connectivity index (χ2v) is 12.0. The molecule has 1 saturated heterocycles. The van der Waals surface area contributed by atoms with Crippen LogP contribution in [0.5, 0.6) is 0 Å². The van der Waals surface area contributed by atoms with E-state index in [0.717, 1.165) is 22.9 Å². The zero-order valence-corrected chi connectivity index (χ0v) is 24.7. The number of alkyl halides is 3. The summed E-state index contributed by atoms with van der Waals surface area (Å²) in [7, 11) is 0. The summed E-state index contributed by atoms with van der Waals surface area (Å²) < 4.78 is 52.6. The summed E-state index contributed by atoms with van der Waals surface area (Å²) >= 11 is 0. The van der Waals surface area contributed by atoms with Crippen LogP contribution < -0.4 is 21.3 Å². The number of hydrogen-bond donors (Lipinski definition) is 3. The van der Waals surface area contributed by atoms with Crippen molar-refractivity contribution in [2.75, 3.05) is 42.3 Å². The van der Waals surface area contributed by atoms with Crippen molar-refractivity contribution >= 4 is 45.5 Å². The Bertz CT molecular complexity index is 1590. The monoisotopic (exact) mass is 612 g/mol. The number of aromatic nitrogens is 2. The number of halogens is 3. The van der Waals surface area contributed by atoms with Gasteiger partial charge in [-0.3, -0.25) is 9.78 Å². The lowest BCUT2D eigenvalue weighted by molar-refractivity contribution is -0.177. The summed E-state index contributed by atoms with van der Waals surface area (Å²) in [5.41, 5.74) is 8.69. The van der Waals surface area contributed by atoms with Crippen molar-refractivity contribution in [2.45, 2.75) is 51.4 Å². The Labute approximate surface area is 252 Å². The molecule has 1 fully saturated rings. The Hall–Kier alpha value is -4.39. The van der Waals surface area contributed by atoms with E-state index < -0.39 is 35.7 Å². The summed E-state index contributed by atoms with van der Waals surface area (Å²) in [6.45, 7) is 5.85. The zero-order chi connectivity index (χ0) is 31.6. The minimum atomic E-state index is -4.51. The zero-order valence-electron chi connectivity index (χ0n) is 24.7. The van der Waals surface area contributed by atoms with Gasteiger partial charge in [-0.2, -0.15) is 13.2 Å². The first-order valence-corrected chi connectivity index (χ1v) is 14.3. The largest absolute Gasteiger partial charge is 0.444 e. The number of rotatable bonds is 5. The molecule has 10 nitrogen and oxygen atoms in total. The van der Waals surface area contributed by atoms with Gasteiger partial charge >= 0.3 is 12.3 Å². The van der Waals surface area contributed by atoms with Crippen molar-refractivity contribution in [3.8, 4) is 0 Å². The highest BCUT2D eigenvalue weighted by molar-refractivity contribution is 6.09. The van der Waals surface area contributed by atoms with Crippen LogP contribution in [0, 0.1) is 5.92 Å². The molecule has 0 saturated carbocycles. The third-order valence-corrected chi connectivity index (χ3v) is 7.42. The number of piperidine rings is 1. The quantitative estimate of drug-likeness (QED) is 0.342. The van der Waals surface area contributed by atoms with Gasteiger partial charge in [0.25, 0.3) is 5.91 Å². The second kappa shape index (κ2) is 12.3. The molecule has 1 aromatic carbocycles. The molecule has 0 aliphatic carbocycles. The van der Waals surface area contributed by atoms with Crippen LogP contribution in [0.1, 0.15) is 49.7 Å². The van der Waals surface area contributed by atoms with E-state index in [1.54, 1.807) is 26.8 Å². The normalized spacial score (nSPS) is 19.3. The predicted octanol–water partition coefficient (Wildman–Crippen LogP) is 5.55. The molecule has 234 valence electrons. The standard InChI is InChI=1S/C31H35F3N6O4/c1-30(2,3)44-29(42)37-22-14-21(31(32,33)34)16-40(17-22)26-6-9-36-15-25(26)39-28(41)27-23(35)12-20-5-4-19(13-24(20)38-27)18-7-10-43-11-8-18/h4-7,9,12-13,15,21-22H,8,10-11,14,16-17,35H2,1-3H3,(H,37,42)(H,39,41)/t21-,22+/m1/s1. The lowest BCUT2D eigenvalue weighted by Crippen LogP contribution is -2.54. The first-order chi connectivity index (χ1) is 20.8. The molecule has 2 amide bonds. The fourth-order valence-electron chi connectivity index (χ4n) is 5.41. The molecule has 0 spiro atoms. The lowest BCUT2D eigenvalue weighted by atomic mass is 9.93. The third kappa shape index (κ3) is 7.39. The van der Waals surface area contributed by atoms with E-state index in [2.05, 4.69) is 20.6 Å². The van der Waals surface area contributed by atoms with Gasteiger partial charge in [0.1, 0.15) is 5.60 Å². The molecule has 2 aromatic heterocycles. The Morgan fingerprint density at radius 1 is 1.14 bits per heavy atom. The molecule has 5 rings (SSSR count). The fraction of sp³-hybridized carbons (Fsp3) is 0.419. The van der Waals surface area contributed by atoms with Crippen molar-refractivity contribution in [3.05, 3.63) is 60.1 Å². The van der Waals surface area contributed by atoms with Gasteiger partial charge < -0.3 is 30.7 Å². The smallest absolute Gasteiger partial charge is 0.407 e. The Morgan fingerprint density at radius 3 is 2.64 bits per heavy atom. The molecule has 4 heterocycles. The summed E-state index contributed by atoms with van der Waals surface area (Å²) in [5.74, 6) is -2.37. The molecule has 44 heavy (non-hydrogen) atoms. The molecule has 3 aromatic rings. The van der Waals surface area contributed by atoms with Gasteiger partial charge in [0.05, 0.1) is 53.9 Å². The lowest BCUT2D eigenvalue weighted by Gasteiger charge is -2.40. The van der Waals surface area contributed by atoms with Crippen molar-refractivity contribution in [1.82, 2.24) is 15.3 Å². The Kier molecular flexibility index (Phi) is 8.69. The Morgan fingerprint density at radius 2 is 1.93 bits per heavy atom. The number of benzene rings is 1. The summed E-state index contributed by atoms with van der Waals surface area (Å²) in [5, 5.41) is 6.07. The number of fused-ring (bicyclic) bond motifs is 1. The van der Waals surface area contributed by atoms with E-state index in [1.807, 2.05) is 24.3 Å². The second-order valence-electron chi connectivity index (χ2n) is 12.0. The van der Waals surface area contributed by atoms with Crippen molar-refractivity contribution in [2.24, 2.45) is 5.92 Å². The van der Waals surface area contributed by atoms with E-state index in [1.165, 1.54) is 23.4 Å². The van der Waals surface area contributed by atoms with Gasteiger partial charge in [0, 0.05) is 24.7 Å². The summed E-state index contributed by atoms with van der Waals surface area (Å²) in [4.78, 5) is 36.0. The minimum Gasteiger partial charge on any atom is -0.444 e.